The Bertz CT molecular complexity index is 23.0. The SMILES string of the molecule is [BH2-]1CCCC[NH2+]1. The molecule has 1 aliphatic rings. The van der Waals surface area contributed by atoms with Crippen molar-refractivity contribution in [3.8, 4) is 0 Å². The van der Waals surface area contributed by atoms with Crippen LogP contribution in [0.4, 0.5) is 0 Å². The van der Waals surface area contributed by atoms with Crippen molar-refractivity contribution in [2.24, 2.45) is 0 Å². The summed E-state index contributed by atoms with van der Waals surface area (Å²) in [7, 11) is 0.483. The van der Waals surface area contributed by atoms with E-state index in [0.29, 0.717) is 7.41 Å². The molecule has 0 bridgehead atoms. The maximum absolute atomic E-state index is 2.52. The zero-order valence-corrected chi connectivity index (χ0v) is 4.41. The van der Waals surface area contributed by atoms with Gasteiger partial charge in [-0.1, -0.05) is 6.42 Å². The molecule has 1 aliphatic heterocycles. The molecule has 0 unspecified atom stereocenters. The summed E-state index contributed by atoms with van der Waals surface area (Å²) >= 11 is 0. The Hall–Kier alpha value is 0.0249. The zero-order chi connectivity index (χ0) is 4.24. The van der Waals surface area contributed by atoms with E-state index in [1.54, 1.807) is 6.32 Å². The molecule has 36 valence electrons. The summed E-state index contributed by atoms with van der Waals surface area (Å²) in [6, 6.07) is 0. The van der Waals surface area contributed by atoms with Gasteiger partial charge in [0.2, 0.25) is 0 Å². The van der Waals surface area contributed by atoms with Gasteiger partial charge in [0.05, 0.1) is 0 Å². The molecule has 0 aromatic carbocycles. The molecule has 0 saturated carbocycles. The molecule has 0 spiro atoms. The van der Waals surface area contributed by atoms with Gasteiger partial charge in [0.25, 0.3) is 0 Å². The van der Waals surface area contributed by atoms with Gasteiger partial charge in [0, 0.05) is 6.54 Å². The average Bonchev–Trinajstić information content (AvgIpc) is 1.72. The van der Waals surface area contributed by atoms with E-state index in [4.69, 9.17) is 0 Å². The van der Waals surface area contributed by atoms with E-state index in [0.717, 1.165) is 0 Å². The second-order valence-corrected chi connectivity index (χ2v) is 2.31. The molecule has 2 N–H and O–H groups in total. The minimum absolute atomic E-state index is 0.483. The predicted octanol–water partition coefficient (Wildman–Crippen LogP) is -1.15. The molecule has 1 rings (SSSR count). The Morgan fingerprint density at radius 1 is 1.33 bits per heavy atom. The Kier molecular flexibility index (Phi) is 1.57. The van der Waals surface area contributed by atoms with Crippen molar-refractivity contribution >= 4 is 7.41 Å². The highest BCUT2D eigenvalue weighted by Crippen LogP contribution is 1.91. The fourth-order valence-corrected chi connectivity index (χ4v) is 1.21. The third kappa shape index (κ3) is 1.01. The standard InChI is InChI=1S/C4H12BN/c1-2-4-6-5-3-1/h1-6H2. The number of nitrogens with two attached hydrogens (primary N) is 1. The lowest BCUT2D eigenvalue weighted by Crippen LogP contribution is -2.87. The van der Waals surface area contributed by atoms with E-state index in [1.807, 2.05) is 0 Å². The van der Waals surface area contributed by atoms with Crippen LogP contribution in [0, 0.1) is 0 Å². The van der Waals surface area contributed by atoms with Crippen molar-refractivity contribution in [1.29, 1.82) is 0 Å². The lowest BCUT2D eigenvalue weighted by atomic mass is 9.83. The highest BCUT2D eigenvalue weighted by atomic mass is 14.7. The van der Waals surface area contributed by atoms with Crippen LogP contribution < -0.4 is 5.23 Å². The molecule has 0 atom stereocenters. The van der Waals surface area contributed by atoms with Crippen molar-refractivity contribution < 1.29 is 5.23 Å². The normalized spacial score (nSPS) is 24.0. The summed E-state index contributed by atoms with van der Waals surface area (Å²) in [4.78, 5) is 0. The monoisotopic (exact) mass is 85.1 g/mol. The Morgan fingerprint density at radius 2 is 2.33 bits per heavy atom. The van der Waals surface area contributed by atoms with E-state index in [2.05, 4.69) is 5.23 Å². The Balaban J connectivity index is 2.00. The summed E-state index contributed by atoms with van der Waals surface area (Å²) in [6.07, 6.45) is 4.57. The van der Waals surface area contributed by atoms with Gasteiger partial charge in [-0.15, -0.1) is 6.32 Å². The highest BCUT2D eigenvalue weighted by Gasteiger charge is 1.93. The van der Waals surface area contributed by atoms with Crippen LogP contribution in [-0.4, -0.2) is 14.0 Å². The van der Waals surface area contributed by atoms with Crippen molar-refractivity contribution in [2.45, 2.75) is 19.2 Å². The van der Waals surface area contributed by atoms with Crippen LogP contribution in [0.25, 0.3) is 0 Å². The molecule has 1 heterocycles. The zero-order valence-electron chi connectivity index (χ0n) is 4.41. The molecule has 0 amide bonds. The topological polar surface area (TPSA) is 16.6 Å². The molecule has 1 fully saturated rings. The van der Waals surface area contributed by atoms with Crippen LogP contribution in [0.5, 0.6) is 0 Å². The van der Waals surface area contributed by atoms with Gasteiger partial charge < -0.3 is 5.23 Å². The van der Waals surface area contributed by atoms with Gasteiger partial charge in [0.15, 0.2) is 7.41 Å². The lowest BCUT2D eigenvalue weighted by Gasteiger charge is -2.11. The predicted molar refractivity (Wildman–Crippen MR) is 29.4 cm³/mol. The summed E-state index contributed by atoms with van der Waals surface area (Å²) in [5, 5.41) is 2.52. The van der Waals surface area contributed by atoms with E-state index >= 15 is 0 Å². The van der Waals surface area contributed by atoms with Gasteiger partial charge >= 0.3 is 0 Å². The number of hydrogen-bond acceptors (Lipinski definition) is 0. The fourth-order valence-electron chi connectivity index (χ4n) is 1.21. The van der Waals surface area contributed by atoms with E-state index in [9.17, 15) is 0 Å². The van der Waals surface area contributed by atoms with Gasteiger partial charge in [-0.25, -0.2) is 0 Å². The Morgan fingerprint density at radius 3 is 2.50 bits per heavy atom. The van der Waals surface area contributed by atoms with Crippen LogP contribution in [0.1, 0.15) is 12.8 Å². The van der Waals surface area contributed by atoms with Gasteiger partial charge in [-0.2, -0.15) is 0 Å². The molecule has 2 heteroatoms. The molecule has 0 aliphatic carbocycles. The Labute approximate surface area is 39.4 Å². The van der Waals surface area contributed by atoms with E-state index < -0.39 is 0 Å². The lowest BCUT2D eigenvalue weighted by molar-refractivity contribution is -0.519. The first-order valence-corrected chi connectivity index (χ1v) is 3.19. The second-order valence-electron chi connectivity index (χ2n) is 2.31. The number of quaternary nitrogens is 1. The smallest absolute Gasteiger partial charge is 0.179 e. The molecule has 0 aromatic rings. The largest absolute Gasteiger partial charge is 0.541 e. The van der Waals surface area contributed by atoms with Crippen LogP contribution in [-0.2, 0) is 0 Å². The third-order valence-electron chi connectivity index (χ3n) is 1.67. The molecule has 0 aromatic heterocycles. The van der Waals surface area contributed by atoms with Crippen molar-refractivity contribution in [3.05, 3.63) is 0 Å². The van der Waals surface area contributed by atoms with Crippen molar-refractivity contribution in [3.63, 3.8) is 0 Å². The highest BCUT2D eigenvalue weighted by molar-refractivity contribution is 6.23. The summed E-state index contributed by atoms with van der Waals surface area (Å²) in [6.45, 7) is 1.43. The van der Waals surface area contributed by atoms with Gasteiger partial charge in [0.1, 0.15) is 0 Å². The molecule has 1 saturated heterocycles. The minimum Gasteiger partial charge on any atom is -0.541 e. The fraction of sp³-hybridized carbons (Fsp3) is 1.00. The van der Waals surface area contributed by atoms with E-state index in [1.165, 1.54) is 19.4 Å². The summed E-state index contributed by atoms with van der Waals surface area (Å²) in [5.41, 5.74) is 0. The summed E-state index contributed by atoms with van der Waals surface area (Å²) < 4.78 is 0. The first-order valence-electron chi connectivity index (χ1n) is 3.19. The van der Waals surface area contributed by atoms with Gasteiger partial charge in [-0.3, -0.25) is 0 Å². The maximum atomic E-state index is 2.52. The van der Waals surface area contributed by atoms with Crippen LogP contribution >= 0.6 is 0 Å². The minimum atomic E-state index is 0.483. The number of rotatable bonds is 0. The van der Waals surface area contributed by atoms with Crippen LogP contribution in [0.15, 0.2) is 0 Å². The first-order chi connectivity index (χ1) is 3.00. The van der Waals surface area contributed by atoms with E-state index in [-0.39, 0.29) is 0 Å². The van der Waals surface area contributed by atoms with Crippen molar-refractivity contribution in [2.75, 3.05) is 6.54 Å². The average molecular weight is 85.0 g/mol. The molecule has 1 nitrogen and oxygen atoms in total. The molecular weight excluding hydrogens is 72.9 g/mol. The van der Waals surface area contributed by atoms with Crippen LogP contribution in [0.2, 0.25) is 6.32 Å². The maximum Gasteiger partial charge on any atom is 0.179 e. The first kappa shape index (κ1) is 4.19. The molecule has 0 radical (unpaired) electrons. The van der Waals surface area contributed by atoms with Crippen LogP contribution in [0.3, 0.4) is 0 Å². The third-order valence-corrected chi connectivity index (χ3v) is 1.67. The van der Waals surface area contributed by atoms with Gasteiger partial charge in [-0.05, 0) is 6.42 Å². The molecular formula is C4H12BN. The quantitative estimate of drug-likeness (QED) is 0.357. The molecule has 6 heavy (non-hydrogen) atoms. The number of hydrogen-bond donors (Lipinski definition) is 1. The summed E-state index contributed by atoms with van der Waals surface area (Å²) in [5.74, 6) is 0. The van der Waals surface area contributed by atoms with Crippen molar-refractivity contribution in [1.82, 2.24) is 0 Å². The second kappa shape index (κ2) is 2.24.